The molecule has 1 amide bonds. The van der Waals surface area contributed by atoms with Gasteiger partial charge in [-0.3, -0.25) is 4.79 Å². The van der Waals surface area contributed by atoms with Crippen molar-refractivity contribution in [1.82, 2.24) is 0 Å². The van der Waals surface area contributed by atoms with E-state index in [1.807, 2.05) is 24.3 Å². The van der Waals surface area contributed by atoms with Gasteiger partial charge in [-0.25, -0.2) is 0 Å². The van der Waals surface area contributed by atoms with Crippen LogP contribution in [0.15, 0.2) is 42.5 Å². The fourth-order valence-electron chi connectivity index (χ4n) is 1.82. The third-order valence-corrected chi connectivity index (χ3v) is 3.04. The molecule has 0 atom stereocenters. The van der Waals surface area contributed by atoms with Crippen LogP contribution in [0.2, 0.25) is 0 Å². The van der Waals surface area contributed by atoms with E-state index >= 15 is 0 Å². The predicted octanol–water partition coefficient (Wildman–Crippen LogP) is 3.06. The molecule has 110 valence electrons. The zero-order valence-electron chi connectivity index (χ0n) is 11.8. The zero-order valence-corrected chi connectivity index (χ0v) is 11.8. The zero-order chi connectivity index (χ0) is 15.2. The number of nitrogens with one attached hydrogen (secondary N) is 2. The summed E-state index contributed by atoms with van der Waals surface area (Å²) < 4.78 is 0. The fraction of sp³-hybridized carbons (Fsp3) is 0.188. The molecule has 0 unspecified atom stereocenters. The molecule has 0 fully saturated rings. The number of carbonyl (C=O) groups is 1. The predicted molar refractivity (Wildman–Crippen MR) is 82.5 cm³/mol. The summed E-state index contributed by atoms with van der Waals surface area (Å²) in [5, 5.41) is 24.9. The van der Waals surface area contributed by atoms with Crippen LogP contribution in [0.25, 0.3) is 0 Å². The van der Waals surface area contributed by atoms with Crippen molar-refractivity contribution in [2.75, 3.05) is 10.6 Å². The Kier molecular flexibility index (Phi) is 4.66. The molecule has 0 saturated heterocycles. The molecule has 0 aliphatic rings. The van der Waals surface area contributed by atoms with Gasteiger partial charge in [0.25, 0.3) is 0 Å². The van der Waals surface area contributed by atoms with E-state index in [4.69, 9.17) is 0 Å². The van der Waals surface area contributed by atoms with Crippen LogP contribution in [0.4, 0.5) is 11.4 Å². The van der Waals surface area contributed by atoms with Gasteiger partial charge in [0, 0.05) is 36.0 Å². The maximum absolute atomic E-state index is 11.3. The molecule has 0 aromatic heterocycles. The van der Waals surface area contributed by atoms with Gasteiger partial charge in [0.15, 0.2) is 0 Å². The second-order valence-electron chi connectivity index (χ2n) is 4.65. The smallest absolute Gasteiger partial charge is 0.224 e. The molecule has 2 aromatic carbocycles. The van der Waals surface area contributed by atoms with E-state index in [0.717, 1.165) is 11.4 Å². The first-order valence-electron chi connectivity index (χ1n) is 6.73. The molecule has 0 aliphatic carbocycles. The lowest BCUT2D eigenvalue weighted by Crippen LogP contribution is -2.09. The monoisotopic (exact) mass is 286 g/mol. The number of carbonyl (C=O) groups excluding carboxylic acids is 1. The van der Waals surface area contributed by atoms with Crippen LogP contribution in [0.3, 0.4) is 0 Å². The van der Waals surface area contributed by atoms with E-state index in [2.05, 4.69) is 10.6 Å². The highest BCUT2D eigenvalue weighted by Crippen LogP contribution is 2.23. The van der Waals surface area contributed by atoms with Crippen LogP contribution in [0.5, 0.6) is 11.5 Å². The van der Waals surface area contributed by atoms with Gasteiger partial charge in [0.2, 0.25) is 5.91 Å². The summed E-state index contributed by atoms with van der Waals surface area (Å²) in [6.45, 7) is 2.24. The number of hydrogen-bond acceptors (Lipinski definition) is 4. The minimum atomic E-state index is -0.0234. The van der Waals surface area contributed by atoms with Gasteiger partial charge >= 0.3 is 0 Å². The van der Waals surface area contributed by atoms with Crippen LogP contribution >= 0.6 is 0 Å². The molecule has 0 spiro atoms. The Morgan fingerprint density at radius 1 is 1.05 bits per heavy atom. The number of amides is 1. The van der Waals surface area contributed by atoms with E-state index in [1.54, 1.807) is 13.0 Å². The van der Waals surface area contributed by atoms with Gasteiger partial charge in [-0.05, 0) is 36.4 Å². The van der Waals surface area contributed by atoms with Gasteiger partial charge < -0.3 is 20.8 Å². The maximum Gasteiger partial charge on any atom is 0.224 e. The standard InChI is InChI=1S/C16H18N2O3/c1-2-16(21)18-13-6-4-12(5-7-13)17-10-11-3-8-14(19)9-15(11)20/h3-9,17,19-20H,2,10H2,1H3,(H,18,21). The highest BCUT2D eigenvalue weighted by atomic mass is 16.3. The quantitative estimate of drug-likeness (QED) is 0.681. The molecule has 0 bridgehead atoms. The number of phenols is 2. The molecule has 0 radical (unpaired) electrons. The van der Waals surface area contributed by atoms with Gasteiger partial charge in [0.05, 0.1) is 0 Å². The molecular weight excluding hydrogens is 268 g/mol. The number of aromatic hydroxyl groups is 2. The minimum absolute atomic E-state index is 0.0234. The van der Waals surface area contributed by atoms with Crippen molar-refractivity contribution in [2.45, 2.75) is 19.9 Å². The Morgan fingerprint density at radius 2 is 1.71 bits per heavy atom. The molecular formula is C16H18N2O3. The first-order chi connectivity index (χ1) is 10.1. The van der Waals surface area contributed by atoms with Crippen molar-refractivity contribution in [2.24, 2.45) is 0 Å². The average Bonchev–Trinajstić information content (AvgIpc) is 2.48. The lowest BCUT2D eigenvalue weighted by molar-refractivity contribution is -0.115. The summed E-state index contributed by atoms with van der Waals surface area (Å²) >= 11 is 0. The average molecular weight is 286 g/mol. The topological polar surface area (TPSA) is 81.6 Å². The normalized spacial score (nSPS) is 10.1. The Balaban J connectivity index is 1.96. The summed E-state index contributed by atoms with van der Waals surface area (Å²) in [6, 6.07) is 11.8. The third kappa shape index (κ3) is 4.14. The van der Waals surface area contributed by atoms with E-state index < -0.39 is 0 Å². The lowest BCUT2D eigenvalue weighted by atomic mass is 10.2. The number of anilines is 2. The summed E-state index contributed by atoms with van der Waals surface area (Å²) in [7, 11) is 0. The molecule has 5 heteroatoms. The summed E-state index contributed by atoms with van der Waals surface area (Å²) in [5.41, 5.74) is 2.31. The van der Waals surface area contributed by atoms with Gasteiger partial charge in [-0.1, -0.05) is 6.92 Å². The maximum atomic E-state index is 11.3. The van der Waals surface area contributed by atoms with E-state index in [9.17, 15) is 15.0 Å². The van der Waals surface area contributed by atoms with Crippen molar-refractivity contribution < 1.29 is 15.0 Å². The Labute approximate surface area is 123 Å². The second-order valence-corrected chi connectivity index (χ2v) is 4.65. The highest BCUT2D eigenvalue weighted by Gasteiger charge is 2.03. The molecule has 5 nitrogen and oxygen atoms in total. The largest absolute Gasteiger partial charge is 0.508 e. The number of rotatable bonds is 5. The first kappa shape index (κ1) is 14.7. The van der Waals surface area contributed by atoms with Crippen LogP contribution in [-0.2, 0) is 11.3 Å². The third-order valence-electron chi connectivity index (χ3n) is 3.04. The lowest BCUT2D eigenvalue weighted by Gasteiger charge is -2.09. The molecule has 0 saturated carbocycles. The van der Waals surface area contributed by atoms with Gasteiger partial charge in [0.1, 0.15) is 11.5 Å². The summed E-state index contributed by atoms with van der Waals surface area (Å²) in [5.74, 6) is 0.0614. The minimum Gasteiger partial charge on any atom is -0.508 e. The van der Waals surface area contributed by atoms with Gasteiger partial charge in [-0.15, -0.1) is 0 Å². The fourth-order valence-corrected chi connectivity index (χ4v) is 1.82. The molecule has 2 aromatic rings. The Bertz CT molecular complexity index is 624. The molecule has 4 N–H and O–H groups in total. The molecule has 21 heavy (non-hydrogen) atoms. The summed E-state index contributed by atoms with van der Waals surface area (Å²) in [6.07, 6.45) is 0.445. The van der Waals surface area contributed by atoms with Crippen molar-refractivity contribution >= 4 is 17.3 Å². The Morgan fingerprint density at radius 3 is 2.33 bits per heavy atom. The second kappa shape index (κ2) is 6.65. The van der Waals surface area contributed by atoms with Crippen LogP contribution in [0.1, 0.15) is 18.9 Å². The van der Waals surface area contributed by atoms with Crippen LogP contribution < -0.4 is 10.6 Å². The molecule has 0 heterocycles. The Hall–Kier alpha value is -2.69. The molecule has 2 rings (SSSR count). The first-order valence-corrected chi connectivity index (χ1v) is 6.73. The number of hydrogen-bond donors (Lipinski definition) is 4. The van der Waals surface area contributed by atoms with Crippen molar-refractivity contribution in [3.8, 4) is 11.5 Å². The SMILES string of the molecule is CCC(=O)Nc1ccc(NCc2ccc(O)cc2O)cc1. The van der Waals surface area contributed by atoms with Crippen molar-refractivity contribution in [1.29, 1.82) is 0 Å². The van der Waals surface area contributed by atoms with E-state index in [-0.39, 0.29) is 17.4 Å². The summed E-state index contributed by atoms with van der Waals surface area (Å²) in [4.78, 5) is 11.3. The number of phenolic OH excluding ortho intramolecular Hbond substituents is 2. The highest BCUT2D eigenvalue weighted by molar-refractivity contribution is 5.90. The van der Waals surface area contributed by atoms with Crippen molar-refractivity contribution in [3.05, 3.63) is 48.0 Å². The van der Waals surface area contributed by atoms with E-state index in [1.165, 1.54) is 12.1 Å². The number of benzene rings is 2. The van der Waals surface area contributed by atoms with Crippen LogP contribution in [-0.4, -0.2) is 16.1 Å². The van der Waals surface area contributed by atoms with Gasteiger partial charge in [-0.2, -0.15) is 0 Å². The van der Waals surface area contributed by atoms with Crippen LogP contribution in [0, 0.1) is 0 Å². The van der Waals surface area contributed by atoms with E-state index in [0.29, 0.717) is 18.5 Å². The molecule has 0 aliphatic heterocycles. The van der Waals surface area contributed by atoms with Crippen molar-refractivity contribution in [3.63, 3.8) is 0 Å².